The van der Waals surface area contributed by atoms with E-state index in [9.17, 15) is 4.79 Å². The van der Waals surface area contributed by atoms with Crippen molar-refractivity contribution in [1.29, 1.82) is 0 Å². The molecule has 0 radical (unpaired) electrons. The predicted octanol–water partition coefficient (Wildman–Crippen LogP) is 3.76. The number of carbonyl (C=O) groups is 1. The van der Waals surface area contributed by atoms with Crippen LogP contribution in [-0.2, 0) is 9.47 Å². The summed E-state index contributed by atoms with van der Waals surface area (Å²) in [6.45, 7) is 2.14. The zero-order chi connectivity index (χ0) is 19.3. The second-order valence-corrected chi connectivity index (χ2v) is 7.35. The molecule has 3 aromatic rings. The van der Waals surface area contributed by atoms with Gasteiger partial charge in [0.05, 0.1) is 42.8 Å². The molecular weight excluding hydrogens is 378 g/mol. The lowest BCUT2D eigenvalue weighted by Gasteiger charge is -2.23. The Morgan fingerprint density at radius 1 is 1.25 bits per heavy atom. The summed E-state index contributed by atoms with van der Waals surface area (Å²) in [5.41, 5.74) is 1.53. The zero-order valence-corrected chi connectivity index (χ0v) is 16.3. The van der Waals surface area contributed by atoms with Crippen molar-refractivity contribution < 1.29 is 19.0 Å². The highest BCUT2D eigenvalue weighted by atomic mass is 32.1. The van der Waals surface area contributed by atoms with Crippen LogP contribution in [0.15, 0.2) is 48.5 Å². The van der Waals surface area contributed by atoms with Gasteiger partial charge in [0.15, 0.2) is 5.13 Å². The number of carbonyl (C=O) groups excluding carboxylic acids is 1. The second-order valence-electron chi connectivity index (χ2n) is 6.34. The Labute approximate surface area is 166 Å². The molecule has 2 heterocycles. The lowest BCUT2D eigenvalue weighted by molar-refractivity contribution is 0.0444. The number of nitrogens with one attached hydrogen (secondary N) is 1. The Bertz CT molecular complexity index is 928. The average Bonchev–Trinajstić information content (AvgIpc) is 3.01. The number of benzene rings is 2. The van der Waals surface area contributed by atoms with E-state index in [2.05, 4.69) is 16.3 Å². The summed E-state index contributed by atoms with van der Waals surface area (Å²) in [4.78, 5) is 19.2. The summed E-state index contributed by atoms with van der Waals surface area (Å²) in [5.74, 6) is 0.577. The number of aromatic nitrogens is 1. The fraction of sp³-hybridized carbons (Fsp3) is 0.300. The van der Waals surface area contributed by atoms with Crippen molar-refractivity contribution in [3.05, 3.63) is 48.5 Å². The predicted molar refractivity (Wildman–Crippen MR) is 110 cm³/mol. The molecule has 0 saturated carbocycles. The fourth-order valence-corrected chi connectivity index (χ4v) is 4.06. The number of thiazole rings is 1. The van der Waals surface area contributed by atoms with E-state index in [0.717, 1.165) is 15.3 Å². The van der Waals surface area contributed by atoms with Crippen LogP contribution in [0.3, 0.4) is 0 Å². The number of rotatable bonds is 4. The topological polar surface area (TPSA) is 72.9 Å². The van der Waals surface area contributed by atoms with E-state index in [1.165, 1.54) is 0 Å². The standard InChI is InChI=1S/C20H21N3O4S/c1-25-17-8-4-2-6-15(17)22-20(24)27-14-12-23(10-11-26-13-14)19-21-16-7-3-5-9-18(16)28-19/h2-9,14H,10-13H2,1H3,(H,22,24)/t14-/m1/s1. The number of methoxy groups -OCH3 is 1. The third kappa shape index (κ3) is 4.18. The molecule has 1 atom stereocenters. The summed E-state index contributed by atoms with van der Waals surface area (Å²) in [6, 6.07) is 15.2. The van der Waals surface area contributed by atoms with Crippen molar-refractivity contribution in [3.8, 4) is 5.75 Å². The maximum atomic E-state index is 12.4. The number of para-hydroxylation sites is 3. The van der Waals surface area contributed by atoms with Crippen LogP contribution in [-0.4, -0.2) is 50.6 Å². The van der Waals surface area contributed by atoms with E-state index >= 15 is 0 Å². The third-order valence-electron chi connectivity index (χ3n) is 4.40. The molecule has 0 spiro atoms. The fourth-order valence-electron chi connectivity index (χ4n) is 3.06. The van der Waals surface area contributed by atoms with Crippen molar-refractivity contribution in [3.63, 3.8) is 0 Å². The third-order valence-corrected chi connectivity index (χ3v) is 5.50. The number of anilines is 2. The van der Waals surface area contributed by atoms with Crippen molar-refractivity contribution in [2.24, 2.45) is 0 Å². The second kappa shape index (κ2) is 8.45. The summed E-state index contributed by atoms with van der Waals surface area (Å²) >= 11 is 1.63. The molecule has 1 N–H and O–H groups in total. The maximum Gasteiger partial charge on any atom is 0.412 e. The SMILES string of the molecule is COc1ccccc1NC(=O)O[C@H]1COCCN(c2nc3ccccc3s2)C1. The Kier molecular flexibility index (Phi) is 5.59. The summed E-state index contributed by atoms with van der Waals surface area (Å²) in [5, 5.41) is 3.64. The summed E-state index contributed by atoms with van der Waals surface area (Å²) < 4.78 is 17.6. The molecule has 0 bridgehead atoms. The first-order valence-electron chi connectivity index (χ1n) is 9.02. The Morgan fingerprint density at radius 2 is 2.07 bits per heavy atom. The van der Waals surface area contributed by atoms with E-state index in [0.29, 0.717) is 37.7 Å². The molecule has 2 aromatic carbocycles. The highest BCUT2D eigenvalue weighted by Gasteiger charge is 2.24. The van der Waals surface area contributed by atoms with E-state index in [1.54, 1.807) is 30.6 Å². The van der Waals surface area contributed by atoms with Gasteiger partial charge in [-0.05, 0) is 24.3 Å². The van der Waals surface area contributed by atoms with Crippen LogP contribution in [0.1, 0.15) is 0 Å². The zero-order valence-electron chi connectivity index (χ0n) is 15.5. The first-order chi connectivity index (χ1) is 13.7. The molecule has 8 heteroatoms. The Hall–Kier alpha value is -2.84. The molecule has 1 aromatic heterocycles. The summed E-state index contributed by atoms with van der Waals surface area (Å²) in [7, 11) is 1.56. The van der Waals surface area contributed by atoms with Crippen molar-refractivity contribution >= 4 is 38.5 Å². The molecule has 7 nitrogen and oxygen atoms in total. The minimum atomic E-state index is -0.538. The molecule has 0 aliphatic carbocycles. The number of nitrogens with zero attached hydrogens (tertiary/aromatic N) is 2. The highest BCUT2D eigenvalue weighted by molar-refractivity contribution is 7.22. The molecule has 1 amide bonds. The normalized spacial score (nSPS) is 17.2. The van der Waals surface area contributed by atoms with E-state index in [4.69, 9.17) is 19.2 Å². The smallest absolute Gasteiger partial charge is 0.412 e. The number of fused-ring (bicyclic) bond motifs is 1. The van der Waals surface area contributed by atoms with Gasteiger partial charge in [-0.25, -0.2) is 9.78 Å². The van der Waals surface area contributed by atoms with Crippen LogP contribution in [0.5, 0.6) is 5.75 Å². The van der Waals surface area contributed by atoms with Gasteiger partial charge < -0.3 is 19.1 Å². The minimum absolute atomic E-state index is 0.348. The molecule has 146 valence electrons. The van der Waals surface area contributed by atoms with Crippen LogP contribution < -0.4 is 15.0 Å². The monoisotopic (exact) mass is 399 g/mol. The molecule has 1 aliphatic rings. The van der Waals surface area contributed by atoms with Crippen molar-refractivity contribution in [2.45, 2.75) is 6.10 Å². The molecule has 1 fully saturated rings. The van der Waals surface area contributed by atoms with Crippen LogP contribution >= 0.6 is 11.3 Å². The quantitative estimate of drug-likeness (QED) is 0.720. The van der Waals surface area contributed by atoms with Gasteiger partial charge in [-0.1, -0.05) is 35.6 Å². The first-order valence-corrected chi connectivity index (χ1v) is 9.83. The van der Waals surface area contributed by atoms with Gasteiger partial charge in [0.1, 0.15) is 11.9 Å². The van der Waals surface area contributed by atoms with Gasteiger partial charge in [-0.15, -0.1) is 0 Å². The first kappa shape index (κ1) is 18.5. The van der Waals surface area contributed by atoms with E-state index < -0.39 is 12.2 Å². The highest BCUT2D eigenvalue weighted by Crippen LogP contribution is 2.29. The number of hydrogen-bond donors (Lipinski definition) is 1. The van der Waals surface area contributed by atoms with Gasteiger partial charge in [0.25, 0.3) is 0 Å². The summed E-state index contributed by atoms with van der Waals surface area (Å²) in [6.07, 6.45) is -0.937. The number of ether oxygens (including phenoxy) is 3. The molecule has 1 saturated heterocycles. The molecule has 0 unspecified atom stereocenters. The van der Waals surface area contributed by atoms with Gasteiger partial charge in [0.2, 0.25) is 0 Å². The molecule has 1 aliphatic heterocycles. The lowest BCUT2D eigenvalue weighted by Crippen LogP contribution is -2.36. The molecule has 4 rings (SSSR count). The van der Waals surface area contributed by atoms with Crippen LogP contribution in [0, 0.1) is 0 Å². The van der Waals surface area contributed by atoms with Gasteiger partial charge in [0, 0.05) is 6.54 Å². The minimum Gasteiger partial charge on any atom is -0.495 e. The average molecular weight is 399 g/mol. The molecular formula is C20H21N3O4S. The Morgan fingerprint density at radius 3 is 2.93 bits per heavy atom. The number of amides is 1. The van der Waals surface area contributed by atoms with Crippen molar-refractivity contribution in [1.82, 2.24) is 4.98 Å². The van der Waals surface area contributed by atoms with Gasteiger partial charge in [-0.3, -0.25) is 5.32 Å². The number of hydrogen-bond acceptors (Lipinski definition) is 7. The van der Waals surface area contributed by atoms with Crippen molar-refractivity contribution in [2.75, 3.05) is 43.6 Å². The van der Waals surface area contributed by atoms with Gasteiger partial charge in [-0.2, -0.15) is 0 Å². The van der Waals surface area contributed by atoms with Gasteiger partial charge >= 0.3 is 6.09 Å². The lowest BCUT2D eigenvalue weighted by atomic mass is 10.3. The van der Waals surface area contributed by atoms with E-state index in [-0.39, 0.29) is 0 Å². The largest absolute Gasteiger partial charge is 0.495 e. The van der Waals surface area contributed by atoms with Crippen LogP contribution in [0.2, 0.25) is 0 Å². The molecule has 28 heavy (non-hydrogen) atoms. The van der Waals surface area contributed by atoms with Crippen LogP contribution in [0.25, 0.3) is 10.2 Å². The van der Waals surface area contributed by atoms with E-state index in [1.807, 2.05) is 30.3 Å². The van der Waals surface area contributed by atoms with Crippen LogP contribution in [0.4, 0.5) is 15.6 Å². The maximum absolute atomic E-state index is 12.4. The Balaban J connectivity index is 1.43.